The fourth-order valence-electron chi connectivity index (χ4n) is 1.40. The highest BCUT2D eigenvalue weighted by atomic mass is 19.4. The van der Waals surface area contributed by atoms with Crippen molar-refractivity contribution < 1.29 is 27.4 Å². The van der Waals surface area contributed by atoms with Gasteiger partial charge in [-0.1, -0.05) is 18.2 Å². The molecule has 106 valence electrons. The Morgan fingerprint density at radius 1 is 1.37 bits per heavy atom. The first-order chi connectivity index (χ1) is 8.83. The number of halogens is 3. The lowest BCUT2D eigenvalue weighted by Gasteiger charge is -2.15. The van der Waals surface area contributed by atoms with Crippen molar-refractivity contribution in [3.8, 4) is 5.75 Å². The summed E-state index contributed by atoms with van der Waals surface area (Å²) in [5, 5.41) is 2.75. The van der Waals surface area contributed by atoms with Crippen LogP contribution in [0.5, 0.6) is 5.75 Å². The van der Waals surface area contributed by atoms with Crippen LogP contribution in [0.2, 0.25) is 0 Å². The quantitative estimate of drug-likeness (QED) is 0.838. The third kappa shape index (κ3) is 5.17. The average molecular weight is 277 g/mol. The Hall–Kier alpha value is -1.76. The van der Waals surface area contributed by atoms with E-state index in [4.69, 9.17) is 0 Å². The maximum absolute atomic E-state index is 12.2. The summed E-state index contributed by atoms with van der Waals surface area (Å²) in [4.78, 5) is 11.2. The van der Waals surface area contributed by atoms with Crippen LogP contribution in [0.4, 0.5) is 13.2 Å². The van der Waals surface area contributed by atoms with Crippen molar-refractivity contribution in [2.45, 2.75) is 25.9 Å². The molecule has 19 heavy (non-hydrogen) atoms. The standard InChI is InChI=1S/C12H14F3NO3/c1-8(11(17)18-2)16-7-9-5-3-4-6-10(9)19-12(13,14)15/h3-6,8,16H,7H2,1-2H3. The van der Waals surface area contributed by atoms with Gasteiger partial charge < -0.3 is 14.8 Å². The lowest BCUT2D eigenvalue weighted by molar-refractivity contribution is -0.274. The Morgan fingerprint density at radius 3 is 2.58 bits per heavy atom. The molecule has 1 rings (SSSR count). The number of ether oxygens (including phenoxy) is 2. The zero-order valence-electron chi connectivity index (χ0n) is 10.5. The van der Waals surface area contributed by atoms with Gasteiger partial charge in [0, 0.05) is 12.1 Å². The third-order valence-electron chi connectivity index (χ3n) is 2.35. The minimum atomic E-state index is -4.75. The van der Waals surface area contributed by atoms with Crippen LogP contribution in [-0.4, -0.2) is 25.5 Å². The number of carbonyl (C=O) groups excluding carboxylic acids is 1. The lowest BCUT2D eigenvalue weighted by Crippen LogP contribution is -2.34. The fraction of sp³-hybridized carbons (Fsp3) is 0.417. The van der Waals surface area contributed by atoms with E-state index in [0.29, 0.717) is 5.56 Å². The molecule has 4 nitrogen and oxygen atoms in total. The summed E-state index contributed by atoms with van der Waals surface area (Å²) in [5.41, 5.74) is 0.301. The topological polar surface area (TPSA) is 47.6 Å². The molecule has 0 fully saturated rings. The molecule has 0 bridgehead atoms. The number of methoxy groups -OCH3 is 1. The summed E-state index contributed by atoms with van der Waals surface area (Å²) in [6.45, 7) is 1.61. The average Bonchev–Trinajstić information content (AvgIpc) is 2.34. The lowest BCUT2D eigenvalue weighted by atomic mass is 10.2. The summed E-state index contributed by atoms with van der Waals surface area (Å²) in [5.74, 6) is -0.784. The van der Waals surface area contributed by atoms with E-state index in [9.17, 15) is 18.0 Å². The minimum Gasteiger partial charge on any atom is -0.468 e. The fourth-order valence-corrected chi connectivity index (χ4v) is 1.40. The molecule has 1 N–H and O–H groups in total. The number of hydrogen-bond acceptors (Lipinski definition) is 4. The first kappa shape index (κ1) is 15.3. The number of alkyl halides is 3. The van der Waals surface area contributed by atoms with Gasteiger partial charge in [-0.3, -0.25) is 4.79 Å². The molecular weight excluding hydrogens is 263 g/mol. The molecule has 0 aliphatic heterocycles. The van der Waals surface area contributed by atoms with Gasteiger partial charge in [0.05, 0.1) is 7.11 Å². The highest BCUT2D eigenvalue weighted by Crippen LogP contribution is 2.26. The van der Waals surface area contributed by atoms with E-state index < -0.39 is 18.4 Å². The zero-order chi connectivity index (χ0) is 14.5. The summed E-state index contributed by atoms with van der Waals surface area (Å²) in [6.07, 6.45) is -4.75. The Morgan fingerprint density at radius 2 is 2.00 bits per heavy atom. The smallest absolute Gasteiger partial charge is 0.468 e. The predicted octanol–water partition coefficient (Wildman–Crippen LogP) is 2.24. The SMILES string of the molecule is COC(=O)C(C)NCc1ccccc1OC(F)(F)F. The second kappa shape index (κ2) is 6.42. The molecule has 1 unspecified atom stereocenters. The van der Waals surface area contributed by atoms with Crippen LogP contribution in [0.25, 0.3) is 0 Å². The van der Waals surface area contributed by atoms with Gasteiger partial charge >= 0.3 is 12.3 Å². The molecule has 0 saturated heterocycles. The van der Waals surface area contributed by atoms with Crippen molar-refractivity contribution >= 4 is 5.97 Å². The summed E-state index contributed by atoms with van der Waals surface area (Å²) < 4.78 is 45.0. The zero-order valence-corrected chi connectivity index (χ0v) is 10.5. The number of benzene rings is 1. The van der Waals surface area contributed by atoms with Gasteiger partial charge in [-0.25, -0.2) is 0 Å². The molecule has 0 saturated carbocycles. The Bertz CT molecular complexity index is 434. The van der Waals surface area contributed by atoms with Crippen LogP contribution in [0.15, 0.2) is 24.3 Å². The molecule has 1 aromatic rings. The van der Waals surface area contributed by atoms with Crippen LogP contribution >= 0.6 is 0 Å². The molecule has 0 radical (unpaired) electrons. The molecule has 1 aromatic carbocycles. The van der Waals surface area contributed by atoms with E-state index in [1.807, 2.05) is 0 Å². The highest BCUT2D eigenvalue weighted by Gasteiger charge is 2.32. The minimum absolute atomic E-state index is 0.0581. The van der Waals surface area contributed by atoms with Crippen LogP contribution in [0.1, 0.15) is 12.5 Å². The van der Waals surface area contributed by atoms with Crippen molar-refractivity contribution in [3.63, 3.8) is 0 Å². The summed E-state index contributed by atoms with van der Waals surface area (Å²) >= 11 is 0. The predicted molar refractivity (Wildman–Crippen MR) is 61.4 cm³/mol. The van der Waals surface area contributed by atoms with E-state index in [2.05, 4.69) is 14.8 Å². The van der Waals surface area contributed by atoms with Gasteiger partial charge in [0.1, 0.15) is 11.8 Å². The van der Waals surface area contributed by atoms with Crippen LogP contribution in [0, 0.1) is 0 Å². The van der Waals surface area contributed by atoms with Gasteiger partial charge in [0.25, 0.3) is 0 Å². The molecule has 0 aliphatic carbocycles. The van der Waals surface area contributed by atoms with E-state index >= 15 is 0 Å². The molecule has 7 heteroatoms. The van der Waals surface area contributed by atoms with Gasteiger partial charge in [-0.2, -0.15) is 0 Å². The Balaban J connectivity index is 2.70. The second-order valence-corrected chi connectivity index (χ2v) is 3.78. The Labute approximate surface area is 108 Å². The van der Waals surface area contributed by atoms with Gasteiger partial charge in [0.2, 0.25) is 0 Å². The molecule has 0 heterocycles. The van der Waals surface area contributed by atoms with Crippen LogP contribution in [-0.2, 0) is 16.1 Å². The number of rotatable bonds is 5. The van der Waals surface area contributed by atoms with Gasteiger partial charge in [-0.05, 0) is 13.0 Å². The summed E-state index contributed by atoms with van der Waals surface area (Å²) in [6, 6.07) is 5.10. The van der Waals surface area contributed by atoms with Gasteiger partial charge in [-0.15, -0.1) is 13.2 Å². The maximum atomic E-state index is 12.2. The number of carbonyl (C=O) groups is 1. The number of hydrogen-bond donors (Lipinski definition) is 1. The molecule has 0 aliphatic rings. The third-order valence-corrected chi connectivity index (χ3v) is 2.35. The largest absolute Gasteiger partial charge is 0.573 e. The molecular formula is C12H14F3NO3. The normalized spacial score (nSPS) is 12.9. The van der Waals surface area contributed by atoms with E-state index in [0.717, 1.165) is 0 Å². The number of nitrogens with one attached hydrogen (secondary N) is 1. The molecule has 1 atom stereocenters. The van der Waals surface area contributed by atoms with Gasteiger partial charge in [0.15, 0.2) is 0 Å². The van der Waals surface area contributed by atoms with Crippen LogP contribution < -0.4 is 10.1 Å². The molecule has 0 amide bonds. The molecule has 0 spiro atoms. The van der Waals surface area contributed by atoms with Crippen molar-refractivity contribution in [2.24, 2.45) is 0 Å². The maximum Gasteiger partial charge on any atom is 0.573 e. The van der Waals surface area contributed by atoms with Crippen molar-refractivity contribution in [1.82, 2.24) is 5.32 Å². The highest BCUT2D eigenvalue weighted by molar-refractivity contribution is 5.75. The van der Waals surface area contributed by atoms with E-state index in [1.165, 1.54) is 25.3 Å². The first-order valence-electron chi connectivity index (χ1n) is 5.48. The van der Waals surface area contributed by atoms with E-state index in [1.54, 1.807) is 13.0 Å². The van der Waals surface area contributed by atoms with E-state index in [-0.39, 0.29) is 12.3 Å². The second-order valence-electron chi connectivity index (χ2n) is 3.78. The monoisotopic (exact) mass is 277 g/mol. The van der Waals surface area contributed by atoms with Crippen LogP contribution in [0.3, 0.4) is 0 Å². The number of esters is 1. The Kier molecular flexibility index (Phi) is 5.17. The first-order valence-corrected chi connectivity index (χ1v) is 5.48. The van der Waals surface area contributed by atoms with Crippen molar-refractivity contribution in [2.75, 3.05) is 7.11 Å². The van der Waals surface area contributed by atoms with Crippen molar-refractivity contribution in [3.05, 3.63) is 29.8 Å². The summed E-state index contributed by atoms with van der Waals surface area (Å²) in [7, 11) is 1.24. The molecule has 0 aromatic heterocycles. The van der Waals surface area contributed by atoms with Crippen molar-refractivity contribution in [1.29, 1.82) is 0 Å². The number of para-hydroxylation sites is 1.